The standard InChI is InChI=1S/C17H15F3N2O3/c1-10(11-6-7-14-15(8-11)25-9-24-14)21-16(23)22-13-5-3-2-4-12(13)17(18,19)20/h2-8,10H,9H2,1H3,(H2,21,22,23). The maximum Gasteiger partial charge on any atom is 0.418 e. The van der Waals surface area contributed by atoms with Crippen molar-refractivity contribution in [1.29, 1.82) is 0 Å². The summed E-state index contributed by atoms with van der Waals surface area (Å²) in [7, 11) is 0. The summed E-state index contributed by atoms with van der Waals surface area (Å²) < 4.78 is 49.3. The molecule has 0 bridgehead atoms. The Morgan fingerprint density at radius 3 is 2.60 bits per heavy atom. The van der Waals surface area contributed by atoms with E-state index in [1.807, 2.05) is 0 Å². The molecule has 1 aliphatic heterocycles. The van der Waals surface area contributed by atoms with Gasteiger partial charge in [0, 0.05) is 0 Å². The van der Waals surface area contributed by atoms with Gasteiger partial charge in [-0.25, -0.2) is 4.79 Å². The van der Waals surface area contributed by atoms with Gasteiger partial charge >= 0.3 is 12.2 Å². The third-order valence-corrected chi connectivity index (χ3v) is 3.72. The van der Waals surface area contributed by atoms with Crippen molar-refractivity contribution in [3.05, 3.63) is 53.6 Å². The van der Waals surface area contributed by atoms with Crippen LogP contribution >= 0.6 is 0 Å². The number of fused-ring (bicyclic) bond motifs is 1. The third-order valence-electron chi connectivity index (χ3n) is 3.72. The molecule has 0 aliphatic carbocycles. The van der Waals surface area contributed by atoms with Crippen molar-refractivity contribution in [1.82, 2.24) is 5.32 Å². The Bertz CT molecular complexity index is 793. The van der Waals surface area contributed by atoms with E-state index in [1.165, 1.54) is 18.2 Å². The van der Waals surface area contributed by atoms with Crippen LogP contribution in [0.5, 0.6) is 11.5 Å². The lowest BCUT2D eigenvalue weighted by molar-refractivity contribution is -0.136. The zero-order chi connectivity index (χ0) is 18.0. The maximum absolute atomic E-state index is 13.0. The Labute approximate surface area is 141 Å². The summed E-state index contributed by atoms with van der Waals surface area (Å²) in [5.41, 5.74) is -0.463. The molecule has 0 radical (unpaired) electrons. The molecule has 1 atom stereocenters. The molecule has 2 aromatic carbocycles. The largest absolute Gasteiger partial charge is 0.454 e. The Balaban J connectivity index is 1.69. The molecule has 1 aliphatic rings. The van der Waals surface area contributed by atoms with E-state index in [0.717, 1.165) is 11.6 Å². The fourth-order valence-corrected chi connectivity index (χ4v) is 2.46. The molecule has 0 spiro atoms. The Kier molecular flexibility index (Phi) is 4.43. The topological polar surface area (TPSA) is 59.6 Å². The summed E-state index contributed by atoms with van der Waals surface area (Å²) in [6, 6.07) is 8.82. The fourth-order valence-electron chi connectivity index (χ4n) is 2.46. The van der Waals surface area contributed by atoms with Crippen LogP contribution in [0, 0.1) is 0 Å². The maximum atomic E-state index is 13.0. The van der Waals surface area contributed by atoms with Gasteiger partial charge in [0.15, 0.2) is 11.5 Å². The molecule has 5 nitrogen and oxygen atoms in total. The highest BCUT2D eigenvalue weighted by Crippen LogP contribution is 2.35. The number of amides is 2. The van der Waals surface area contributed by atoms with Crippen LogP contribution < -0.4 is 20.1 Å². The molecule has 0 aromatic heterocycles. The lowest BCUT2D eigenvalue weighted by Crippen LogP contribution is -2.31. The minimum absolute atomic E-state index is 0.134. The number of ether oxygens (including phenoxy) is 2. The molecule has 2 aromatic rings. The van der Waals surface area contributed by atoms with E-state index in [9.17, 15) is 18.0 Å². The van der Waals surface area contributed by atoms with E-state index in [4.69, 9.17) is 9.47 Å². The molecular formula is C17H15F3N2O3. The van der Waals surface area contributed by atoms with Crippen LogP contribution in [0.2, 0.25) is 0 Å². The van der Waals surface area contributed by atoms with Crippen LogP contribution in [-0.2, 0) is 6.18 Å². The smallest absolute Gasteiger partial charge is 0.418 e. The van der Waals surface area contributed by atoms with E-state index in [2.05, 4.69) is 10.6 Å². The van der Waals surface area contributed by atoms with Crippen molar-refractivity contribution in [2.24, 2.45) is 0 Å². The Morgan fingerprint density at radius 2 is 1.84 bits per heavy atom. The number of alkyl halides is 3. The minimum Gasteiger partial charge on any atom is -0.454 e. The van der Waals surface area contributed by atoms with E-state index in [-0.39, 0.29) is 12.5 Å². The number of urea groups is 1. The average Bonchev–Trinajstić information content (AvgIpc) is 3.01. The van der Waals surface area contributed by atoms with Gasteiger partial charge in [0.05, 0.1) is 17.3 Å². The molecule has 0 fully saturated rings. The third kappa shape index (κ3) is 3.78. The Morgan fingerprint density at radius 1 is 1.12 bits per heavy atom. The molecule has 1 heterocycles. The number of rotatable bonds is 3. The molecule has 2 amide bonds. The average molecular weight is 352 g/mol. The zero-order valence-corrected chi connectivity index (χ0v) is 13.2. The van der Waals surface area contributed by atoms with Gasteiger partial charge in [0.1, 0.15) is 0 Å². The monoisotopic (exact) mass is 352 g/mol. The number of hydrogen-bond donors (Lipinski definition) is 2. The molecule has 1 unspecified atom stereocenters. The summed E-state index contributed by atoms with van der Waals surface area (Å²) in [5.74, 6) is 1.17. The van der Waals surface area contributed by atoms with Gasteiger partial charge in [-0.1, -0.05) is 18.2 Å². The van der Waals surface area contributed by atoms with Crippen LogP contribution in [0.25, 0.3) is 0 Å². The van der Waals surface area contributed by atoms with Gasteiger partial charge in [-0.15, -0.1) is 0 Å². The lowest BCUT2D eigenvalue weighted by atomic mass is 10.1. The van der Waals surface area contributed by atoms with Crippen LogP contribution in [0.4, 0.5) is 23.7 Å². The zero-order valence-electron chi connectivity index (χ0n) is 13.2. The molecule has 3 rings (SSSR count). The highest BCUT2D eigenvalue weighted by atomic mass is 19.4. The number of halogens is 3. The summed E-state index contributed by atoms with van der Waals surface area (Å²) in [6.07, 6.45) is -4.55. The molecule has 2 N–H and O–H groups in total. The Hall–Kier alpha value is -2.90. The van der Waals surface area contributed by atoms with Gasteiger partial charge < -0.3 is 20.1 Å². The van der Waals surface area contributed by atoms with Crippen molar-refractivity contribution in [3.63, 3.8) is 0 Å². The molecule has 132 valence electrons. The van der Waals surface area contributed by atoms with Crippen molar-refractivity contribution in [2.75, 3.05) is 12.1 Å². The number of benzene rings is 2. The summed E-state index contributed by atoms with van der Waals surface area (Å²) in [5, 5.41) is 4.84. The molecule has 0 saturated heterocycles. The highest BCUT2D eigenvalue weighted by Gasteiger charge is 2.33. The molecule has 8 heteroatoms. The lowest BCUT2D eigenvalue weighted by Gasteiger charge is -2.17. The number of carbonyl (C=O) groups excluding carboxylic acids is 1. The normalized spacial score (nSPS) is 14.1. The van der Waals surface area contributed by atoms with Crippen molar-refractivity contribution in [2.45, 2.75) is 19.1 Å². The minimum atomic E-state index is -4.55. The van der Waals surface area contributed by atoms with Crippen molar-refractivity contribution >= 4 is 11.7 Å². The predicted octanol–water partition coefficient (Wildman–Crippen LogP) is 4.32. The van der Waals surface area contributed by atoms with Gasteiger partial charge in [-0.05, 0) is 36.8 Å². The first-order valence-electron chi connectivity index (χ1n) is 7.48. The van der Waals surface area contributed by atoms with Crippen LogP contribution in [0.1, 0.15) is 24.1 Å². The van der Waals surface area contributed by atoms with E-state index in [1.54, 1.807) is 25.1 Å². The number of para-hydroxylation sites is 1. The summed E-state index contributed by atoms with van der Waals surface area (Å²) >= 11 is 0. The van der Waals surface area contributed by atoms with E-state index in [0.29, 0.717) is 11.5 Å². The van der Waals surface area contributed by atoms with Crippen molar-refractivity contribution < 1.29 is 27.4 Å². The first-order chi connectivity index (χ1) is 11.8. The van der Waals surface area contributed by atoms with Gasteiger partial charge in [0.25, 0.3) is 0 Å². The fraction of sp³-hybridized carbons (Fsp3) is 0.235. The summed E-state index contributed by atoms with van der Waals surface area (Å²) in [4.78, 5) is 12.1. The summed E-state index contributed by atoms with van der Waals surface area (Å²) in [6.45, 7) is 1.85. The second-order valence-corrected chi connectivity index (χ2v) is 5.48. The first-order valence-corrected chi connectivity index (χ1v) is 7.48. The second-order valence-electron chi connectivity index (χ2n) is 5.48. The van der Waals surface area contributed by atoms with Gasteiger partial charge in [-0.3, -0.25) is 0 Å². The van der Waals surface area contributed by atoms with Gasteiger partial charge in [0.2, 0.25) is 6.79 Å². The molecule has 0 saturated carbocycles. The van der Waals surface area contributed by atoms with E-state index < -0.39 is 23.8 Å². The van der Waals surface area contributed by atoms with Gasteiger partial charge in [-0.2, -0.15) is 13.2 Å². The molecular weight excluding hydrogens is 337 g/mol. The van der Waals surface area contributed by atoms with Crippen LogP contribution in [-0.4, -0.2) is 12.8 Å². The van der Waals surface area contributed by atoms with E-state index >= 15 is 0 Å². The quantitative estimate of drug-likeness (QED) is 0.865. The number of anilines is 1. The highest BCUT2D eigenvalue weighted by molar-refractivity contribution is 5.90. The van der Waals surface area contributed by atoms with Crippen molar-refractivity contribution in [3.8, 4) is 11.5 Å². The first kappa shape index (κ1) is 16.9. The predicted molar refractivity (Wildman–Crippen MR) is 84.6 cm³/mol. The van der Waals surface area contributed by atoms with Crippen LogP contribution in [0.15, 0.2) is 42.5 Å². The number of nitrogens with one attached hydrogen (secondary N) is 2. The number of hydrogen-bond acceptors (Lipinski definition) is 3. The SMILES string of the molecule is CC(NC(=O)Nc1ccccc1C(F)(F)F)c1ccc2c(c1)OCO2. The van der Waals surface area contributed by atoms with Crippen LogP contribution in [0.3, 0.4) is 0 Å². The number of carbonyl (C=O) groups is 1. The molecule has 25 heavy (non-hydrogen) atoms. The second kappa shape index (κ2) is 6.54.